The third-order valence-electron chi connectivity index (χ3n) is 3.60. The zero-order valence-electron chi connectivity index (χ0n) is 12.6. The molecule has 0 spiro atoms. The van der Waals surface area contributed by atoms with Crippen molar-refractivity contribution in [3.05, 3.63) is 59.8 Å². The van der Waals surface area contributed by atoms with Crippen LogP contribution in [0.3, 0.4) is 0 Å². The Morgan fingerprint density at radius 1 is 1.12 bits per heavy atom. The molecule has 0 unspecified atom stereocenters. The maximum atomic E-state index is 13.2. The van der Waals surface area contributed by atoms with Crippen LogP contribution in [0.2, 0.25) is 0 Å². The monoisotopic (exact) mass is 346 g/mol. The topological polar surface area (TPSA) is 91.1 Å². The number of anilines is 3. The number of para-hydroxylation sites is 1. The van der Waals surface area contributed by atoms with Gasteiger partial charge in [-0.1, -0.05) is 12.1 Å². The van der Waals surface area contributed by atoms with Gasteiger partial charge in [0.15, 0.2) is 0 Å². The van der Waals surface area contributed by atoms with E-state index in [9.17, 15) is 23.1 Å². The van der Waals surface area contributed by atoms with E-state index in [0.717, 1.165) is 12.3 Å². The zero-order chi connectivity index (χ0) is 18.2. The third-order valence-corrected chi connectivity index (χ3v) is 3.60. The molecule has 0 aliphatic rings. The smallest absolute Gasteiger partial charge is 0.418 e. The number of hydrogen-bond donors (Lipinski definition) is 2. The first-order valence-corrected chi connectivity index (χ1v) is 7.10. The van der Waals surface area contributed by atoms with Crippen molar-refractivity contribution in [2.24, 2.45) is 0 Å². The quantitative estimate of drug-likeness (QED) is 0.712. The number of fused-ring (bicyclic) bond motifs is 1. The standard InChI is InChI=1S/C17H12F3N3O2/c18-17(19,20)13-3-1-2-11-14(12(16(24)25)8-22-15(11)13)23-10-6-4-9(21)5-7-10/h1-8H,21H2,(H,22,23)(H,24,25)/p-1. The molecule has 128 valence electrons. The number of rotatable bonds is 3. The molecule has 25 heavy (non-hydrogen) atoms. The molecule has 3 aromatic rings. The molecule has 1 heterocycles. The van der Waals surface area contributed by atoms with Gasteiger partial charge in [-0.05, 0) is 30.3 Å². The Balaban J connectivity index is 2.24. The molecule has 0 atom stereocenters. The van der Waals surface area contributed by atoms with Gasteiger partial charge in [0, 0.05) is 28.5 Å². The maximum Gasteiger partial charge on any atom is 0.418 e. The number of carboxylic acid groups (broad SMARTS) is 1. The lowest BCUT2D eigenvalue weighted by Gasteiger charge is -2.17. The summed E-state index contributed by atoms with van der Waals surface area (Å²) >= 11 is 0. The van der Waals surface area contributed by atoms with Crippen LogP contribution in [0.4, 0.5) is 30.2 Å². The van der Waals surface area contributed by atoms with Gasteiger partial charge in [-0.3, -0.25) is 4.98 Å². The van der Waals surface area contributed by atoms with Gasteiger partial charge in [-0.15, -0.1) is 0 Å². The van der Waals surface area contributed by atoms with Crippen molar-refractivity contribution in [1.82, 2.24) is 4.98 Å². The Kier molecular flexibility index (Phi) is 3.96. The van der Waals surface area contributed by atoms with Crippen LogP contribution in [0, 0.1) is 0 Å². The molecule has 0 radical (unpaired) electrons. The minimum Gasteiger partial charge on any atom is -0.545 e. The van der Waals surface area contributed by atoms with Crippen molar-refractivity contribution >= 4 is 33.9 Å². The fourth-order valence-electron chi connectivity index (χ4n) is 2.45. The minimum absolute atomic E-state index is 0.0216. The predicted octanol–water partition coefficient (Wildman–Crippen LogP) is 2.94. The predicted molar refractivity (Wildman–Crippen MR) is 85.2 cm³/mol. The average Bonchev–Trinajstić information content (AvgIpc) is 2.55. The van der Waals surface area contributed by atoms with Crippen molar-refractivity contribution in [3.63, 3.8) is 0 Å². The summed E-state index contributed by atoms with van der Waals surface area (Å²) in [5.41, 5.74) is 4.87. The molecule has 8 heteroatoms. The Morgan fingerprint density at radius 3 is 2.40 bits per heavy atom. The lowest BCUT2D eigenvalue weighted by Crippen LogP contribution is -2.24. The van der Waals surface area contributed by atoms with Crippen LogP contribution < -0.4 is 16.2 Å². The number of carboxylic acids is 1. The second kappa shape index (κ2) is 5.97. The molecule has 0 aliphatic heterocycles. The van der Waals surface area contributed by atoms with Crippen LogP contribution >= 0.6 is 0 Å². The number of aromatic nitrogens is 1. The summed E-state index contributed by atoms with van der Waals surface area (Å²) in [5, 5.41) is 14.2. The largest absolute Gasteiger partial charge is 0.545 e. The van der Waals surface area contributed by atoms with E-state index in [4.69, 9.17) is 5.73 Å². The van der Waals surface area contributed by atoms with Crippen molar-refractivity contribution in [2.75, 3.05) is 11.1 Å². The summed E-state index contributed by atoms with van der Waals surface area (Å²) in [5.74, 6) is -1.55. The molecular formula is C17H11F3N3O2-. The van der Waals surface area contributed by atoms with Crippen molar-refractivity contribution in [3.8, 4) is 0 Å². The molecule has 0 amide bonds. The maximum absolute atomic E-state index is 13.2. The molecule has 5 nitrogen and oxygen atoms in total. The lowest BCUT2D eigenvalue weighted by atomic mass is 10.0. The second-order valence-corrected chi connectivity index (χ2v) is 5.28. The molecule has 3 rings (SSSR count). The number of nitrogens with two attached hydrogens (primary N) is 1. The number of aromatic carboxylic acids is 1. The third kappa shape index (κ3) is 3.18. The van der Waals surface area contributed by atoms with Crippen molar-refractivity contribution < 1.29 is 23.1 Å². The minimum atomic E-state index is -4.62. The number of benzene rings is 2. The van der Waals surface area contributed by atoms with E-state index in [0.29, 0.717) is 11.4 Å². The number of carbonyl (C=O) groups excluding carboxylic acids is 1. The van der Waals surface area contributed by atoms with Crippen molar-refractivity contribution in [1.29, 1.82) is 0 Å². The molecule has 0 saturated heterocycles. The molecular weight excluding hydrogens is 335 g/mol. The summed E-state index contributed by atoms with van der Waals surface area (Å²) in [6, 6.07) is 9.75. The van der Waals surface area contributed by atoms with Crippen LogP contribution in [0.1, 0.15) is 15.9 Å². The number of alkyl halides is 3. The van der Waals surface area contributed by atoms with Crippen molar-refractivity contribution in [2.45, 2.75) is 6.18 Å². The number of nitrogen functional groups attached to an aromatic ring is 1. The highest BCUT2D eigenvalue weighted by atomic mass is 19.4. The fourth-order valence-corrected chi connectivity index (χ4v) is 2.45. The van der Waals surface area contributed by atoms with E-state index < -0.39 is 17.7 Å². The summed E-state index contributed by atoms with van der Waals surface area (Å²) in [6.07, 6.45) is -3.76. The summed E-state index contributed by atoms with van der Waals surface area (Å²) in [7, 11) is 0. The normalized spacial score (nSPS) is 11.5. The van der Waals surface area contributed by atoms with Gasteiger partial charge in [-0.2, -0.15) is 13.2 Å². The summed E-state index contributed by atoms with van der Waals surface area (Å²) < 4.78 is 39.5. The number of nitrogens with one attached hydrogen (secondary N) is 1. The van der Waals surface area contributed by atoms with E-state index in [1.165, 1.54) is 12.1 Å². The Morgan fingerprint density at radius 2 is 1.80 bits per heavy atom. The number of nitrogens with zero attached hydrogens (tertiary/aromatic N) is 1. The molecule has 2 aromatic carbocycles. The SMILES string of the molecule is Nc1ccc(Nc2c(C(=O)[O-])cnc3c(C(F)(F)F)cccc23)cc1. The van der Waals surface area contributed by atoms with Gasteiger partial charge < -0.3 is 21.0 Å². The first kappa shape index (κ1) is 16.6. The Bertz CT molecular complexity index is 954. The second-order valence-electron chi connectivity index (χ2n) is 5.28. The number of pyridine rings is 1. The molecule has 1 aromatic heterocycles. The van der Waals surface area contributed by atoms with Crippen LogP contribution in [0.15, 0.2) is 48.7 Å². The van der Waals surface area contributed by atoms with Gasteiger partial charge in [0.05, 0.1) is 22.7 Å². The first-order valence-electron chi connectivity index (χ1n) is 7.10. The van der Waals surface area contributed by atoms with E-state index in [1.807, 2.05) is 0 Å². The van der Waals surface area contributed by atoms with Crippen LogP contribution in [0.25, 0.3) is 10.9 Å². The number of hydrogen-bond acceptors (Lipinski definition) is 5. The summed E-state index contributed by atoms with van der Waals surface area (Å²) in [6.45, 7) is 0. The number of halogens is 3. The van der Waals surface area contributed by atoms with Gasteiger partial charge in [-0.25, -0.2) is 0 Å². The lowest BCUT2D eigenvalue weighted by molar-refractivity contribution is -0.254. The van der Waals surface area contributed by atoms with Gasteiger partial charge in [0.2, 0.25) is 0 Å². The summed E-state index contributed by atoms with van der Waals surface area (Å²) in [4.78, 5) is 15.0. The van der Waals surface area contributed by atoms with Gasteiger partial charge in [0.25, 0.3) is 0 Å². The molecule has 0 fully saturated rings. The average molecular weight is 346 g/mol. The fraction of sp³-hybridized carbons (Fsp3) is 0.0588. The number of carbonyl (C=O) groups is 1. The van der Waals surface area contributed by atoms with Crippen LogP contribution in [-0.4, -0.2) is 11.0 Å². The van der Waals surface area contributed by atoms with E-state index in [2.05, 4.69) is 10.3 Å². The first-order chi connectivity index (χ1) is 11.8. The zero-order valence-corrected chi connectivity index (χ0v) is 12.6. The highest BCUT2D eigenvalue weighted by molar-refractivity contribution is 6.05. The van der Waals surface area contributed by atoms with Crippen LogP contribution in [-0.2, 0) is 6.18 Å². The molecule has 0 bridgehead atoms. The molecule has 0 aliphatic carbocycles. The Hall–Kier alpha value is -3.29. The van der Waals surface area contributed by atoms with Crippen LogP contribution in [0.5, 0.6) is 0 Å². The van der Waals surface area contributed by atoms with E-state index in [1.54, 1.807) is 24.3 Å². The molecule has 3 N–H and O–H groups in total. The highest BCUT2D eigenvalue weighted by Gasteiger charge is 2.33. The van der Waals surface area contributed by atoms with E-state index >= 15 is 0 Å². The van der Waals surface area contributed by atoms with Gasteiger partial charge >= 0.3 is 6.18 Å². The highest BCUT2D eigenvalue weighted by Crippen LogP contribution is 2.37. The Labute approximate surface area is 139 Å². The molecule has 0 saturated carbocycles. The van der Waals surface area contributed by atoms with Gasteiger partial charge in [0.1, 0.15) is 0 Å². The van der Waals surface area contributed by atoms with E-state index in [-0.39, 0.29) is 22.2 Å².